The van der Waals surface area contributed by atoms with E-state index in [1.165, 1.54) is 38.1 Å². The predicted octanol–water partition coefficient (Wildman–Crippen LogP) is -7.78. The number of Topliss-reactive ketones (excluding diaryl/α,β-unsaturated/α-hetero) is 2. The largest absolute Gasteiger partial charge is 1.00 e. The van der Waals surface area contributed by atoms with Crippen LogP contribution in [-0.2, 0) is 78.6 Å². The topological polar surface area (TPSA) is 320 Å². The summed E-state index contributed by atoms with van der Waals surface area (Å²) >= 11 is 0. The molecule has 4 N–H and O–H groups in total. The summed E-state index contributed by atoms with van der Waals surface area (Å²) in [6.45, 7) is 1.61. The number of nitrogens with one attached hydrogen (secondary N) is 4. The van der Waals surface area contributed by atoms with Gasteiger partial charge in [-0.25, -0.2) is 29.1 Å². The molecule has 0 bridgehead atoms. The van der Waals surface area contributed by atoms with E-state index in [0.717, 1.165) is 25.7 Å². The van der Waals surface area contributed by atoms with Gasteiger partial charge in [-0.1, -0.05) is 36.4 Å². The molecule has 68 heavy (non-hydrogen) atoms. The Labute approximate surface area is 434 Å². The Hall–Kier alpha value is -4.62. The third kappa shape index (κ3) is 14.7. The van der Waals surface area contributed by atoms with E-state index in [-0.39, 0.29) is 118 Å². The molecule has 0 saturated heterocycles. The minimum atomic E-state index is -1.86. The van der Waals surface area contributed by atoms with E-state index >= 15 is 0 Å². The number of carbonyl (C=O) groups excluding carboxylic acids is 10. The molecule has 0 aromatic heterocycles. The number of fused-ring (bicyclic) bond motifs is 2. The number of carboxylic acid groups (broad SMARTS) is 2. The van der Waals surface area contributed by atoms with Crippen molar-refractivity contribution in [1.82, 2.24) is 21.3 Å². The number of hydrogen-bond donors (Lipinski definition) is 4. The van der Waals surface area contributed by atoms with Crippen LogP contribution in [0.5, 0.6) is 0 Å². The zero-order valence-electron chi connectivity index (χ0n) is 38.2. The van der Waals surface area contributed by atoms with Crippen molar-refractivity contribution in [3.8, 4) is 0 Å². The van der Waals surface area contributed by atoms with Crippen molar-refractivity contribution >= 4 is 60.1 Å². The average Bonchev–Trinajstić information content (AvgIpc) is 4.17. The minimum absolute atomic E-state index is 0. The Morgan fingerprint density at radius 2 is 0.941 bits per heavy atom. The van der Waals surface area contributed by atoms with Crippen LogP contribution in [0.4, 0.5) is 0 Å². The molecule has 2 aromatic carbocycles. The first-order valence-electron chi connectivity index (χ1n) is 21.2. The van der Waals surface area contributed by atoms with E-state index in [4.69, 9.17) is 29.0 Å². The monoisotopic (exact) mass is 968 g/mol. The molecule has 4 aliphatic carbocycles. The molecule has 2 atom stereocenters. The quantitative estimate of drug-likeness (QED) is 0.0190. The van der Waals surface area contributed by atoms with Crippen LogP contribution in [0.3, 0.4) is 0 Å². The fourth-order valence-corrected chi connectivity index (χ4v) is 8.16. The van der Waals surface area contributed by atoms with E-state index in [0.29, 0.717) is 62.7 Å². The van der Waals surface area contributed by atoms with Gasteiger partial charge >= 0.3 is 71.1 Å². The fraction of sp³-hybridized carbons (Fsp3) is 0.500. The van der Waals surface area contributed by atoms with E-state index < -0.39 is 72.1 Å². The van der Waals surface area contributed by atoms with Crippen molar-refractivity contribution < 1.29 is 146 Å². The maximum atomic E-state index is 13.2. The van der Waals surface area contributed by atoms with Crippen molar-refractivity contribution in [2.75, 3.05) is 39.4 Å². The first-order valence-corrected chi connectivity index (χ1v) is 21.2. The molecule has 2 unspecified atom stereocenters. The number of ether oxygens (including phenoxy) is 2. The van der Waals surface area contributed by atoms with Gasteiger partial charge in [0.05, 0.1) is 25.0 Å². The number of benzene rings is 2. The summed E-state index contributed by atoms with van der Waals surface area (Å²) in [7, 11) is 0. The van der Waals surface area contributed by atoms with Gasteiger partial charge in [-0.05, 0) is 63.2 Å². The Balaban J connectivity index is 0.000000350. The summed E-state index contributed by atoms with van der Waals surface area (Å²) in [4.78, 5) is 136. The Morgan fingerprint density at radius 1 is 0.588 bits per heavy atom. The second-order valence-corrected chi connectivity index (χ2v) is 16.1. The van der Waals surface area contributed by atoms with Crippen molar-refractivity contribution in [3.05, 3.63) is 69.8 Å². The van der Waals surface area contributed by atoms with Gasteiger partial charge in [-0.3, -0.25) is 28.8 Å². The van der Waals surface area contributed by atoms with Crippen LogP contribution < -0.4 is 90.6 Å². The third-order valence-electron chi connectivity index (χ3n) is 11.5. The molecule has 0 spiro atoms. The molecule has 2 fully saturated rings. The molecule has 2 saturated carbocycles. The summed E-state index contributed by atoms with van der Waals surface area (Å²) in [5.41, 5.74) is -2.39. The maximum absolute atomic E-state index is 13.2. The van der Waals surface area contributed by atoms with Gasteiger partial charge in [0.15, 0.2) is 11.6 Å². The van der Waals surface area contributed by atoms with Gasteiger partial charge in [0, 0.05) is 60.3 Å². The van der Waals surface area contributed by atoms with Crippen molar-refractivity contribution in [1.29, 1.82) is 0 Å². The van der Waals surface area contributed by atoms with Crippen molar-refractivity contribution in [2.45, 2.75) is 88.6 Å². The smallest absolute Gasteiger partial charge is 0.547 e. The molecule has 0 aliphatic heterocycles. The number of amides is 4. The second kappa shape index (κ2) is 27.0. The summed E-state index contributed by atoms with van der Waals surface area (Å²) in [5.74, 6) is -5.28. The predicted molar refractivity (Wildman–Crippen MR) is 216 cm³/mol. The number of ketones is 2. The summed E-state index contributed by atoms with van der Waals surface area (Å²) in [6, 6.07) is 9.12. The third-order valence-corrected chi connectivity index (χ3v) is 11.5. The summed E-state index contributed by atoms with van der Waals surface area (Å²) < 4.78 is 11.3. The van der Waals surface area contributed by atoms with Gasteiger partial charge in [-0.2, -0.15) is 0 Å². The number of carboxylic acids is 2. The molecule has 22 nitrogen and oxygen atoms in total. The average molecular weight is 969 g/mol. The molecular formula is C44H50N4Na2O18. The normalized spacial score (nSPS) is 22.4. The molecule has 2 aromatic rings. The molecular weight excluding hydrogens is 918 g/mol. The maximum Gasteiger partial charge on any atom is 1.00 e. The number of carbonyl (C=O) groups is 10. The second-order valence-electron chi connectivity index (χ2n) is 16.1. The van der Waals surface area contributed by atoms with Crippen LogP contribution in [0.2, 0.25) is 0 Å². The van der Waals surface area contributed by atoms with Crippen LogP contribution in [0.1, 0.15) is 108 Å². The minimum Gasteiger partial charge on any atom is -0.547 e. The van der Waals surface area contributed by atoms with Crippen molar-refractivity contribution in [2.24, 2.45) is 11.8 Å². The summed E-state index contributed by atoms with van der Waals surface area (Å²) in [5, 5.41) is 31.6. The Bertz CT molecular complexity index is 2040. The van der Waals surface area contributed by atoms with Crippen LogP contribution >= 0.6 is 0 Å². The zero-order chi connectivity index (χ0) is 48.0. The Morgan fingerprint density at radius 3 is 1.25 bits per heavy atom. The molecule has 356 valence electrons. The number of aliphatic carboxylic acids is 2. The van der Waals surface area contributed by atoms with Crippen LogP contribution in [0, 0.1) is 11.8 Å². The molecule has 6 rings (SSSR count). The van der Waals surface area contributed by atoms with E-state index in [2.05, 4.69) is 21.3 Å². The van der Waals surface area contributed by atoms with Gasteiger partial charge < -0.3 is 50.5 Å². The zero-order valence-corrected chi connectivity index (χ0v) is 42.2. The number of rotatable bonds is 24. The fourth-order valence-electron chi connectivity index (χ4n) is 8.16. The SMILES string of the molecule is CC(=O)NCC1CCC(OC(=O)C2(OOCC(=O)[O-])c3cccc(C(=O)CNC=O)c32)CC1.CC(=O)NCC1CCC(OC(=O)C2(OOCC(=O)[O-])c3cccc(C(=O)CNC=O)c32)CC1.[Na+].[Na+]. The summed E-state index contributed by atoms with van der Waals surface area (Å²) in [6.07, 6.45) is 5.28. The molecule has 0 heterocycles. The van der Waals surface area contributed by atoms with Crippen molar-refractivity contribution in [3.63, 3.8) is 0 Å². The number of hydrogen-bond acceptors (Lipinski definition) is 18. The van der Waals surface area contributed by atoms with E-state index in [1.807, 2.05) is 0 Å². The van der Waals surface area contributed by atoms with Gasteiger partial charge in [0.1, 0.15) is 25.4 Å². The first kappa shape index (κ1) is 57.7. The molecule has 4 amide bonds. The van der Waals surface area contributed by atoms with E-state index in [1.54, 1.807) is 12.1 Å². The van der Waals surface area contributed by atoms with Crippen LogP contribution in [0.25, 0.3) is 0 Å². The molecule has 24 heteroatoms. The van der Waals surface area contributed by atoms with Gasteiger partial charge in [0.25, 0.3) is 11.2 Å². The van der Waals surface area contributed by atoms with Crippen LogP contribution in [-0.4, -0.2) is 112 Å². The van der Waals surface area contributed by atoms with Gasteiger partial charge in [-0.15, -0.1) is 0 Å². The van der Waals surface area contributed by atoms with Gasteiger partial charge in [0.2, 0.25) is 24.6 Å². The first-order chi connectivity index (χ1) is 31.6. The molecule has 0 radical (unpaired) electrons. The Kier molecular flexibility index (Phi) is 22.9. The standard InChI is InChI=1S/2C22H26N2O9.2Na/c2*1-13(26)24-9-14-5-7-15(8-6-14)32-21(30)22(33-31-11-19(28)29)17-4-2-3-16(20(17)22)18(27)10-23-12-25;;/h2*2-4,12,14-15H,5-11H2,1H3,(H,23,25)(H,24,26)(H,28,29);;/q;;2*+1/p-2. The van der Waals surface area contributed by atoms with Crippen LogP contribution in [0.15, 0.2) is 36.4 Å². The van der Waals surface area contributed by atoms with E-state index in [9.17, 15) is 58.2 Å². The molecule has 4 aliphatic rings. The number of esters is 2.